The Hall–Kier alpha value is -3.86. The lowest BCUT2D eigenvalue weighted by molar-refractivity contribution is 0.0989. The fourth-order valence-corrected chi connectivity index (χ4v) is 4.69. The van der Waals surface area contributed by atoms with Crippen LogP contribution in [0.3, 0.4) is 0 Å². The maximum atomic E-state index is 13.5. The number of ether oxygens (including phenoxy) is 1. The predicted octanol–water partition coefficient (Wildman–Crippen LogP) is 3.82. The third kappa shape index (κ3) is 5.51. The van der Waals surface area contributed by atoms with Gasteiger partial charge in [-0.2, -0.15) is 4.98 Å². The van der Waals surface area contributed by atoms with E-state index in [1.807, 2.05) is 67.8 Å². The minimum Gasteiger partial charge on any atom is -0.485 e. The van der Waals surface area contributed by atoms with Gasteiger partial charge in [-0.3, -0.25) is 4.79 Å². The minimum atomic E-state index is -0.978. The Labute approximate surface area is 214 Å². The summed E-state index contributed by atoms with van der Waals surface area (Å²) in [5.41, 5.74) is 1.16. The third-order valence-corrected chi connectivity index (χ3v) is 6.94. The van der Waals surface area contributed by atoms with Gasteiger partial charge in [0.15, 0.2) is 0 Å². The van der Waals surface area contributed by atoms with Crippen LogP contribution in [0.4, 0.5) is 22.2 Å². The van der Waals surface area contributed by atoms with Gasteiger partial charge in [0.2, 0.25) is 5.95 Å². The Morgan fingerprint density at radius 3 is 2.72 bits per heavy atom. The first-order valence-corrected chi connectivity index (χ1v) is 12.4. The zero-order chi connectivity index (χ0) is 25.8. The highest BCUT2D eigenvalue weighted by atomic mass is 32.1. The number of hydrogen-bond donors (Lipinski definition) is 1. The Bertz CT molecular complexity index is 1220. The number of carbonyl (C=O) groups excluding carboxylic acids is 1. The van der Waals surface area contributed by atoms with E-state index in [9.17, 15) is 14.7 Å². The second kappa shape index (κ2) is 10.8. The van der Waals surface area contributed by atoms with Gasteiger partial charge in [0.05, 0.1) is 0 Å². The van der Waals surface area contributed by atoms with Crippen LogP contribution in [0.1, 0.15) is 27.8 Å². The Morgan fingerprint density at radius 2 is 2.03 bits per heavy atom. The lowest BCUT2D eigenvalue weighted by Gasteiger charge is -2.24. The zero-order valence-corrected chi connectivity index (χ0v) is 21.6. The standard InChI is InChI=1S/C25H30N6O4S/c1-28(2)24-26-16-19-22(27-24)29(3)12-13-31(23(19)32)17-7-5-8-18(15-17)35-20(21-9-6-14-36-21)10-11-30(4)25(33)34/h5-9,14-16,20H,10-13H2,1-4H3,(H,33,34). The van der Waals surface area contributed by atoms with E-state index in [4.69, 9.17) is 4.74 Å². The molecule has 2 amide bonds. The summed E-state index contributed by atoms with van der Waals surface area (Å²) in [6.45, 7) is 1.41. The summed E-state index contributed by atoms with van der Waals surface area (Å²) >= 11 is 1.56. The van der Waals surface area contributed by atoms with Gasteiger partial charge in [0, 0.05) is 77.1 Å². The molecule has 1 aliphatic heterocycles. The van der Waals surface area contributed by atoms with Gasteiger partial charge in [-0.05, 0) is 23.6 Å². The van der Waals surface area contributed by atoms with E-state index in [1.165, 1.54) is 4.90 Å². The van der Waals surface area contributed by atoms with Gasteiger partial charge in [-0.15, -0.1) is 11.3 Å². The molecule has 11 heteroatoms. The van der Waals surface area contributed by atoms with Crippen LogP contribution in [0.25, 0.3) is 0 Å². The molecule has 3 aromatic rings. The van der Waals surface area contributed by atoms with Crippen molar-refractivity contribution >= 4 is 40.8 Å². The molecular weight excluding hydrogens is 480 g/mol. The fourth-order valence-electron chi connectivity index (χ4n) is 3.90. The highest BCUT2D eigenvalue weighted by molar-refractivity contribution is 7.10. The van der Waals surface area contributed by atoms with Crippen LogP contribution in [0.5, 0.6) is 5.75 Å². The van der Waals surface area contributed by atoms with Crippen LogP contribution in [-0.2, 0) is 0 Å². The van der Waals surface area contributed by atoms with Crippen molar-refractivity contribution in [1.82, 2.24) is 14.9 Å². The number of anilines is 3. The zero-order valence-electron chi connectivity index (χ0n) is 20.8. The lowest BCUT2D eigenvalue weighted by atomic mass is 10.2. The van der Waals surface area contributed by atoms with Gasteiger partial charge in [0.25, 0.3) is 5.91 Å². The highest BCUT2D eigenvalue weighted by Gasteiger charge is 2.28. The number of likely N-dealkylation sites (N-methyl/N-ethyl adjacent to an activating group) is 1. The molecule has 1 aromatic carbocycles. The highest BCUT2D eigenvalue weighted by Crippen LogP contribution is 2.32. The van der Waals surface area contributed by atoms with Crippen LogP contribution in [0.2, 0.25) is 0 Å². The smallest absolute Gasteiger partial charge is 0.407 e. The second-order valence-electron chi connectivity index (χ2n) is 8.79. The quantitative estimate of drug-likeness (QED) is 0.488. The number of benzene rings is 1. The van der Waals surface area contributed by atoms with Crippen LogP contribution in [0, 0.1) is 0 Å². The van der Waals surface area contributed by atoms with E-state index in [0.717, 1.165) is 4.88 Å². The Morgan fingerprint density at radius 1 is 1.22 bits per heavy atom. The van der Waals surface area contributed by atoms with Gasteiger partial charge < -0.3 is 29.4 Å². The van der Waals surface area contributed by atoms with E-state index in [2.05, 4.69) is 9.97 Å². The molecule has 0 fully saturated rings. The number of hydrogen-bond acceptors (Lipinski definition) is 8. The molecule has 36 heavy (non-hydrogen) atoms. The van der Waals surface area contributed by atoms with Gasteiger partial charge >= 0.3 is 6.09 Å². The summed E-state index contributed by atoms with van der Waals surface area (Å²) in [6.07, 6.45) is 0.793. The van der Waals surface area contributed by atoms with Crippen molar-refractivity contribution in [2.75, 3.05) is 62.5 Å². The largest absolute Gasteiger partial charge is 0.485 e. The van der Waals surface area contributed by atoms with Crippen molar-refractivity contribution in [3.8, 4) is 5.75 Å². The number of fused-ring (bicyclic) bond motifs is 1. The maximum Gasteiger partial charge on any atom is 0.407 e. The van der Waals surface area contributed by atoms with Crippen molar-refractivity contribution < 1.29 is 19.4 Å². The lowest BCUT2D eigenvalue weighted by Crippen LogP contribution is -2.33. The second-order valence-corrected chi connectivity index (χ2v) is 9.77. The summed E-state index contributed by atoms with van der Waals surface area (Å²) in [4.78, 5) is 41.4. The van der Waals surface area contributed by atoms with Crippen molar-refractivity contribution in [2.24, 2.45) is 0 Å². The Balaban J connectivity index is 1.58. The third-order valence-electron chi connectivity index (χ3n) is 5.97. The molecule has 0 spiro atoms. The van der Waals surface area contributed by atoms with Crippen LogP contribution in [0.15, 0.2) is 48.0 Å². The molecule has 3 heterocycles. The van der Waals surface area contributed by atoms with Crippen molar-refractivity contribution in [1.29, 1.82) is 0 Å². The van der Waals surface area contributed by atoms with Crippen LogP contribution < -0.4 is 19.4 Å². The molecule has 10 nitrogen and oxygen atoms in total. The summed E-state index contributed by atoms with van der Waals surface area (Å²) < 4.78 is 6.33. The number of aromatic nitrogens is 2. The van der Waals surface area contributed by atoms with Crippen LogP contribution >= 0.6 is 11.3 Å². The molecule has 1 unspecified atom stereocenters. The van der Waals surface area contributed by atoms with Gasteiger partial charge in [-0.1, -0.05) is 12.1 Å². The number of rotatable bonds is 8. The number of carboxylic acid groups (broad SMARTS) is 1. The van der Waals surface area contributed by atoms with E-state index < -0.39 is 6.09 Å². The fraction of sp³-hybridized carbons (Fsp3) is 0.360. The molecule has 0 saturated heterocycles. The molecule has 0 aliphatic carbocycles. The molecule has 0 bridgehead atoms. The molecule has 1 N–H and O–H groups in total. The summed E-state index contributed by atoms with van der Waals surface area (Å²) in [5.74, 6) is 1.59. The minimum absolute atomic E-state index is 0.172. The molecular formula is C25H30N6O4S. The van der Waals surface area contributed by atoms with E-state index >= 15 is 0 Å². The molecule has 0 radical (unpaired) electrons. The number of thiophene rings is 1. The average molecular weight is 511 g/mol. The Kier molecular flexibility index (Phi) is 7.58. The number of amides is 2. The average Bonchev–Trinajstić information content (AvgIpc) is 3.37. The monoisotopic (exact) mass is 510 g/mol. The molecule has 190 valence electrons. The maximum absolute atomic E-state index is 13.5. The van der Waals surface area contributed by atoms with Gasteiger partial charge in [-0.25, -0.2) is 9.78 Å². The normalized spacial score (nSPS) is 14.2. The molecule has 4 rings (SSSR count). The van der Waals surface area contributed by atoms with E-state index in [1.54, 1.807) is 34.4 Å². The topological polar surface area (TPSA) is 102 Å². The van der Waals surface area contributed by atoms with Gasteiger partial charge in [0.1, 0.15) is 23.2 Å². The molecule has 1 aliphatic rings. The first-order valence-electron chi connectivity index (χ1n) is 11.6. The van der Waals surface area contributed by atoms with Crippen molar-refractivity contribution in [2.45, 2.75) is 12.5 Å². The first-order chi connectivity index (χ1) is 17.2. The summed E-state index contributed by atoms with van der Waals surface area (Å²) in [5, 5.41) is 11.2. The first kappa shape index (κ1) is 25.2. The SMILES string of the molecule is CN(CCC(Oc1cccc(N2CCN(C)c3nc(N(C)C)ncc3C2=O)c1)c1cccs1)C(=O)O. The summed E-state index contributed by atoms with van der Waals surface area (Å²) in [7, 11) is 7.18. The molecule has 0 saturated carbocycles. The molecule has 1 atom stereocenters. The van der Waals surface area contributed by atoms with E-state index in [0.29, 0.717) is 54.8 Å². The van der Waals surface area contributed by atoms with Crippen molar-refractivity contribution in [3.63, 3.8) is 0 Å². The van der Waals surface area contributed by atoms with Crippen molar-refractivity contribution in [3.05, 3.63) is 58.4 Å². The number of carbonyl (C=O) groups is 2. The predicted molar refractivity (Wildman–Crippen MR) is 141 cm³/mol. The van der Waals surface area contributed by atoms with E-state index in [-0.39, 0.29) is 12.0 Å². The molecule has 2 aromatic heterocycles. The summed E-state index contributed by atoms with van der Waals surface area (Å²) in [6, 6.07) is 11.4. The van der Waals surface area contributed by atoms with Crippen LogP contribution in [-0.4, -0.2) is 79.8 Å². The number of nitrogens with zero attached hydrogens (tertiary/aromatic N) is 6.